The molecule has 3 aromatic heterocycles. The van der Waals surface area contributed by atoms with E-state index in [1.807, 2.05) is 49.7 Å². The fraction of sp³-hybridized carbons (Fsp3) is 0.217. The van der Waals surface area contributed by atoms with Gasteiger partial charge >= 0.3 is 0 Å². The standard InChI is InChI=1S/C23H23FN6O/c1-14-11-20(28-29-22(14)26-16(3)17-5-7-18(24)8-6-17)19-9-10-21(23(27-19)31-4)30-12-15(2)25-13-30/h5-13,16H,1-4H3,(H,26,29)/t16-/m1/s1. The van der Waals surface area contributed by atoms with Gasteiger partial charge in [0.25, 0.3) is 0 Å². The van der Waals surface area contributed by atoms with Gasteiger partial charge in [0.1, 0.15) is 17.2 Å². The molecule has 1 atom stereocenters. The second-order valence-corrected chi connectivity index (χ2v) is 7.33. The van der Waals surface area contributed by atoms with Gasteiger partial charge in [-0.15, -0.1) is 10.2 Å². The minimum Gasteiger partial charge on any atom is -0.479 e. The molecule has 0 unspecified atom stereocenters. The zero-order chi connectivity index (χ0) is 22.0. The van der Waals surface area contributed by atoms with Crippen LogP contribution in [0, 0.1) is 19.7 Å². The topological polar surface area (TPSA) is 77.8 Å². The Morgan fingerprint density at radius 1 is 1.03 bits per heavy atom. The Balaban J connectivity index is 1.58. The van der Waals surface area contributed by atoms with Crippen LogP contribution in [0.3, 0.4) is 0 Å². The number of rotatable bonds is 6. The summed E-state index contributed by atoms with van der Waals surface area (Å²) < 4.78 is 20.5. The van der Waals surface area contributed by atoms with E-state index < -0.39 is 0 Å². The number of benzene rings is 1. The van der Waals surface area contributed by atoms with E-state index in [-0.39, 0.29) is 11.9 Å². The highest BCUT2D eigenvalue weighted by atomic mass is 19.1. The SMILES string of the molecule is COc1nc(-c2cc(C)c(N[C@H](C)c3ccc(F)cc3)nn2)ccc1-n1cnc(C)c1. The molecule has 0 radical (unpaired) electrons. The molecule has 0 bridgehead atoms. The van der Waals surface area contributed by atoms with Gasteiger partial charge in [0.05, 0.1) is 30.9 Å². The third-order valence-corrected chi connectivity index (χ3v) is 4.99. The predicted molar refractivity (Wildman–Crippen MR) is 117 cm³/mol. The van der Waals surface area contributed by atoms with E-state index in [0.29, 0.717) is 23.1 Å². The molecule has 0 saturated carbocycles. The van der Waals surface area contributed by atoms with Gasteiger partial charge in [-0.2, -0.15) is 0 Å². The molecule has 158 valence electrons. The van der Waals surface area contributed by atoms with Gasteiger partial charge in [0.15, 0.2) is 5.82 Å². The first-order chi connectivity index (χ1) is 14.9. The van der Waals surface area contributed by atoms with Crippen LogP contribution in [0.4, 0.5) is 10.2 Å². The molecule has 0 spiro atoms. The van der Waals surface area contributed by atoms with Crippen LogP contribution < -0.4 is 10.1 Å². The molecule has 0 fully saturated rings. The molecule has 1 aromatic carbocycles. The average molecular weight is 418 g/mol. The summed E-state index contributed by atoms with van der Waals surface area (Å²) in [4.78, 5) is 8.86. The van der Waals surface area contributed by atoms with E-state index in [1.54, 1.807) is 25.6 Å². The lowest BCUT2D eigenvalue weighted by atomic mass is 10.1. The van der Waals surface area contributed by atoms with Crippen molar-refractivity contribution in [3.05, 3.63) is 77.6 Å². The second kappa shape index (κ2) is 8.51. The summed E-state index contributed by atoms with van der Waals surface area (Å²) in [5.41, 5.74) is 4.89. The number of hydrogen-bond acceptors (Lipinski definition) is 6. The number of hydrogen-bond donors (Lipinski definition) is 1. The van der Waals surface area contributed by atoms with Gasteiger partial charge in [-0.25, -0.2) is 14.4 Å². The van der Waals surface area contributed by atoms with E-state index in [0.717, 1.165) is 22.5 Å². The lowest BCUT2D eigenvalue weighted by molar-refractivity contribution is 0.396. The number of nitrogens with one attached hydrogen (secondary N) is 1. The van der Waals surface area contributed by atoms with Crippen molar-refractivity contribution in [3.8, 4) is 23.0 Å². The van der Waals surface area contributed by atoms with Crippen molar-refractivity contribution in [2.75, 3.05) is 12.4 Å². The molecule has 4 aromatic rings. The summed E-state index contributed by atoms with van der Waals surface area (Å²) in [6, 6.07) is 12.1. The largest absolute Gasteiger partial charge is 0.479 e. The minimum atomic E-state index is -0.256. The van der Waals surface area contributed by atoms with Crippen molar-refractivity contribution >= 4 is 5.82 Å². The quantitative estimate of drug-likeness (QED) is 0.491. The molecule has 3 heterocycles. The van der Waals surface area contributed by atoms with Crippen molar-refractivity contribution in [2.45, 2.75) is 26.8 Å². The summed E-state index contributed by atoms with van der Waals surface area (Å²) in [6.07, 6.45) is 3.63. The predicted octanol–water partition coefficient (Wildman–Crippen LogP) is 4.66. The number of pyridine rings is 1. The van der Waals surface area contributed by atoms with Crippen LogP contribution in [0.2, 0.25) is 0 Å². The van der Waals surface area contributed by atoms with Crippen molar-refractivity contribution in [2.24, 2.45) is 0 Å². The van der Waals surface area contributed by atoms with E-state index >= 15 is 0 Å². The maximum Gasteiger partial charge on any atom is 0.238 e. The Bertz CT molecular complexity index is 1210. The Hall–Kier alpha value is -3.81. The number of methoxy groups -OCH3 is 1. The fourth-order valence-corrected chi connectivity index (χ4v) is 3.27. The first-order valence-corrected chi connectivity index (χ1v) is 9.87. The van der Waals surface area contributed by atoms with Gasteiger partial charge in [-0.1, -0.05) is 12.1 Å². The van der Waals surface area contributed by atoms with Crippen LogP contribution in [0.15, 0.2) is 55.0 Å². The zero-order valence-electron chi connectivity index (χ0n) is 17.8. The molecule has 8 heteroatoms. The van der Waals surface area contributed by atoms with Crippen LogP contribution in [-0.2, 0) is 0 Å². The molecular weight excluding hydrogens is 395 g/mol. The van der Waals surface area contributed by atoms with Gasteiger partial charge in [0.2, 0.25) is 5.88 Å². The van der Waals surface area contributed by atoms with E-state index in [2.05, 4.69) is 25.5 Å². The lowest BCUT2D eigenvalue weighted by Gasteiger charge is -2.16. The number of halogens is 1. The summed E-state index contributed by atoms with van der Waals surface area (Å²) >= 11 is 0. The number of anilines is 1. The molecule has 0 saturated heterocycles. The van der Waals surface area contributed by atoms with Crippen LogP contribution in [0.25, 0.3) is 17.1 Å². The summed E-state index contributed by atoms with van der Waals surface area (Å²) in [5.74, 6) is 0.882. The third kappa shape index (κ3) is 4.37. The second-order valence-electron chi connectivity index (χ2n) is 7.33. The summed E-state index contributed by atoms with van der Waals surface area (Å²) in [7, 11) is 1.58. The Labute approximate surface area is 180 Å². The molecule has 0 aliphatic carbocycles. The van der Waals surface area contributed by atoms with Crippen molar-refractivity contribution < 1.29 is 9.13 Å². The number of imidazole rings is 1. The molecule has 1 N–H and O–H groups in total. The fourth-order valence-electron chi connectivity index (χ4n) is 3.27. The molecule has 31 heavy (non-hydrogen) atoms. The molecule has 0 aliphatic heterocycles. The van der Waals surface area contributed by atoms with Crippen molar-refractivity contribution in [1.29, 1.82) is 0 Å². The molecule has 0 amide bonds. The van der Waals surface area contributed by atoms with E-state index in [4.69, 9.17) is 4.74 Å². The molecular formula is C23H23FN6O. The average Bonchev–Trinajstić information content (AvgIpc) is 3.21. The Kier molecular flexibility index (Phi) is 5.62. The summed E-state index contributed by atoms with van der Waals surface area (Å²) in [6.45, 7) is 5.87. The molecule has 4 rings (SSSR count). The molecule has 7 nitrogen and oxygen atoms in total. The van der Waals surface area contributed by atoms with Gasteiger partial charge in [0, 0.05) is 6.20 Å². The van der Waals surface area contributed by atoms with E-state index in [1.165, 1.54) is 12.1 Å². The highest BCUT2D eigenvalue weighted by molar-refractivity contribution is 5.61. The number of nitrogens with zero attached hydrogens (tertiary/aromatic N) is 5. The Morgan fingerprint density at radius 2 is 1.81 bits per heavy atom. The van der Waals surface area contributed by atoms with Gasteiger partial charge < -0.3 is 14.6 Å². The normalized spacial score (nSPS) is 11.9. The maximum atomic E-state index is 13.2. The van der Waals surface area contributed by atoms with Crippen LogP contribution in [0.1, 0.15) is 29.8 Å². The summed E-state index contributed by atoms with van der Waals surface area (Å²) in [5, 5.41) is 12.0. The van der Waals surface area contributed by atoms with Crippen LogP contribution in [0.5, 0.6) is 5.88 Å². The van der Waals surface area contributed by atoms with Crippen molar-refractivity contribution in [3.63, 3.8) is 0 Å². The smallest absolute Gasteiger partial charge is 0.238 e. The Morgan fingerprint density at radius 3 is 2.45 bits per heavy atom. The minimum absolute atomic E-state index is 0.0458. The van der Waals surface area contributed by atoms with E-state index in [9.17, 15) is 4.39 Å². The van der Waals surface area contributed by atoms with Crippen LogP contribution in [-0.4, -0.2) is 31.8 Å². The zero-order valence-corrected chi connectivity index (χ0v) is 17.8. The van der Waals surface area contributed by atoms with Gasteiger partial charge in [-0.05, 0) is 62.2 Å². The number of ether oxygens (including phenoxy) is 1. The highest BCUT2D eigenvalue weighted by Crippen LogP contribution is 2.27. The highest BCUT2D eigenvalue weighted by Gasteiger charge is 2.14. The maximum absolute atomic E-state index is 13.2. The van der Waals surface area contributed by atoms with Gasteiger partial charge in [-0.3, -0.25) is 0 Å². The number of aryl methyl sites for hydroxylation is 2. The first-order valence-electron chi connectivity index (χ1n) is 9.87. The van der Waals surface area contributed by atoms with Crippen molar-refractivity contribution in [1.82, 2.24) is 24.7 Å². The monoisotopic (exact) mass is 418 g/mol. The number of aromatic nitrogens is 5. The molecule has 0 aliphatic rings. The third-order valence-electron chi connectivity index (χ3n) is 4.99. The lowest BCUT2D eigenvalue weighted by Crippen LogP contribution is -2.10. The van der Waals surface area contributed by atoms with Crippen LogP contribution >= 0.6 is 0 Å². The first kappa shape index (κ1) is 20.5.